The van der Waals surface area contributed by atoms with E-state index in [0.717, 1.165) is 5.56 Å². The number of benzene rings is 1. The van der Waals surface area contributed by atoms with Gasteiger partial charge in [0.05, 0.1) is 22.7 Å². The maximum Gasteiger partial charge on any atom is 0.0626 e. The molecule has 1 aromatic carbocycles. The first-order valence-corrected chi connectivity index (χ1v) is 7.78. The number of nitrogens with one attached hydrogen (secondary N) is 1. The standard InChI is InChI=1S/C15H21Cl2NO/c16-13-8-7-11(9-14(13)17)15(10-19)18-12-5-3-1-2-4-6-12/h7-9,12,15,18-19H,1-6,10H2. The topological polar surface area (TPSA) is 32.3 Å². The van der Waals surface area contributed by atoms with Crippen LogP contribution in [0.4, 0.5) is 0 Å². The minimum Gasteiger partial charge on any atom is -0.394 e. The number of aliphatic hydroxyl groups excluding tert-OH is 1. The molecule has 1 aliphatic carbocycles. The molecule has 0 amide bonds. The van der Waals surface area contributed by atoms with Crippen LogP contribution in [-0.4, -0.2) is 17.8 Å². The highest BCUT2D eigenvalue weighted by Gasteiger charge is 2.18. The molecule has 4 heteroatoms. The fourth-order valence-electron chi connectivity index (χ4n) is 2.71. The highest BCUT2D eigenvalue weighted by molar-refractivity contribution is 6.42. The number of hydrogen-bond donors (Lipinski definition) is 2. The number of aliphatic hydroxyl groups is 1. The van der Waals surface area contributed by atoms with Crippen LogP contribution in [-0.2, 0) is 0 Å². The predicted octanol–water partition coefficient (Wildman–Crippen LogP) is 4.34. The monoisotopic (exact) mass is 301 g/mol. The fourth-order valence-corrected chi connectivity index (χ4v) is 3.02. The quantitative estimate of drug-likeness (QED) is 0.811. The third-order valence-corrected chi connectivity index (χ3v) is 4.56. The van der Waals surface area contributed by atoms with Gasteiger partial charge in [-0.3, -0.25) is 0 Å². The summed E-state index contributed by atoms with van der Waals surface area (Å²) in [6.45, 7) is 0.0778. The van der Waals surface area contributed by atoms with E-state index >= 15 is 0 Å². The van der Waals surface area contributed by atoms with Crippen LogP contribution >= 0.6 is 23.2 Å². The van der Waals surface area contributed by atoms with Gasteiger partial charge >= 0.3 is 0 Å². The lowest BCUT2D eigenvalue weighted by Crippen LogP contribution is -2.34. The van der Waals surface area contributed by atoms with E-state index in [9.17, 15) is 5.11 Å². The van der Waals surface area contributed by atoms with Gasteiger partial charge in [0.25, 0.3) is 0 Å². The molecule has 1 aromatic rings. The Balaban J connectivity index is 2.03. The molecule has 1 fully saturated rings. The molecule has 1 saturated carbocycles. The third kappa shape index (κ3) is 4.35. The molecule has 0 heterocycles. The predicted molar refractivity (Wildman–Crippen MR) is 80.9 cm³/mol. The van der Waals surface area contributed by atoms with Gasteiger partial charge in [0, 0.05) is 6.04 Å². The molecule has 0 bridgehead atoms. The van der Waals surface area contributed by atoms with Gasteiger partial charge in [-0.25, -0.2) is 0 Å². The van der Waals surface area contributed by atoms with E-state index in [0.29, 0.717) is 16.1 Å². The van der Waals surface area contributed by atoms with E-state index < -0.39 is 0 Å². The zero-order valence-electron chi connectivity index (χ0n) is 11.0. The smallest absolute Gasteiger partial charge is 0.0626 e. The SMILES string of the molecule is OCC(NC1CCCCCC1)c1ccc(Cl)c(Cl)c1. The van der Waals surface area contributed by atoms with Crippen molar-refractivity contribution in [2.45, 2.75) is 50.6 Å². The Morgan fingerprint density at radius 1 is 1.11 bits per heavy atom. The van der Waals surface area contributed by atoms with E-state index in [1.807, 2.05) is 12.1 Å². The van der Waals surface area contributed by atoms with Crippen molar-refractivity contribution in [2.75, 3.05) is 6.61 Å². The minimum atomic E-state index is -0.0575. The summed E-state index contributed by atoms with van der Waals surface area (Å²) < 4.78 is 0. The van der Waals surface area contributed by atoms with Crippen LogP contribution < -0.4 is 5.32 Å². The Bertz CT molecular complexity index is 403. The average molecular weight is 302 g/mol. The molecule has 1 unspecified atom stereocenters. The van der Waals surface area contributed by atoms with Crippen LogP contribution in [0.1, 0.15) is 50.1 Å². The molecule has 106 valence electrons. The molecule has 0 radical (unpaired) electrons. The molecule has 0 spiro atoms. The summed E-state index contributed by atoms with van der Waals surface area (Å²) in [5.74, 6) is 0. The number of rotatable bonds is 4. The molecule has 19 heavy (non-hydrogen) atoms. The van der Waals surface area contributed by atoms with Gasteiger partial charge in [-0.2, -0.15) is 0 Å². The summed E-state index contributed by atoms with van der Waals surface area (Å²) in [7, 11) is 0. The molecular weight excluding hydrogens is 281 g/mol. The first-order chi connectivity index (χ1) is 9.20. The summed E-state index contributed by atoms with van der Waals surface area (Å²) in [5, 5.41) is 14.3. The molecule has 2 rings (SSSR count). The normalized spacial score (nSPS) is 19.1. The van der Waals surface area contributed by atoms with E-state index in [1.165, 1.54) is 38.5 Å². The van der Waals surface area contributed by atoms with E-state index in [-0.39, 0.29) is 12.6 Å². The zero-order valence-corrected chi connectivity index (χ0v) is 12.6. The average Bonchev–Trinajstić information content (AvgIpc) is 2.68. The lowest BCUT2D eigenvalue weighted by atomic mass is 10.0. The third-order valence-electron chi connectivity index (χ3n) is 3.82. The summed E-state index contributed by atoms with van der Waals surface area (Å²) in [6, 6.07) is 6.00. The molecule has 1 atom stereocenters. The van der Waals surface area contributed by atoms with Crippen molar-refractivity contribution in [2.24, 2.45) is 0 Å². The van der Waals surface area contributed by atoms with Crippen molar-refractivity contribution < 1.29 is 5.11 Å². The molecule has 0 aromatic heterocycles. The second-order valence-electron chi connectivity index (χ2n) is 5.26. The Morgan fingerprint density at radius 2 is 1.79 bits per heavy atom. The van der Waals surface area contributed by atoms with Gasteiger partial charge in [-0.15, -0.1) is 0 Å². The van der Waals surface area contributed by atoms with Gasteiger partial charge in [0.15, 0.2) is 0 Å². The second kappa shape index (κ2) is 7.49. The first-order valence-electron chi connectivity index (χ1n) is 7.02. The molecule has 0 saturated heterocycles. The van der Waals surface area contributed by atoms with Crippen LogP contribution in [0.25, 0.3) is 0 Å². The van der Waals surface area contributed by atoms with Crippen molar-refractivity contribution in [3.63, 3.8) is 0 Å². The van der Waals surface area contributed by atoms with E-state index in [4.69, 9.17) is 23.2 Å². The largest absolute Gasteiger partial charge is 0.394 e. The Labute approximate surface area is 125 Å². The number of hydrogen-bond acceptors (Lipinski definition) is 2. The highest BCUT2D eigenvalue weighted by atomic mass is 35.5. The molecule has 2 nitrogen and oxygen atoms in total. The van der Waals surface area contributed by atoms with Gasteiger partial charge < -0.3 is 10.4 Å². The lowest BCUT2D eigenvalue weighted by molar-refractivity contribution is 0.228. The van der Waals surface area contributed by atoms with Crippen LogP contribution in [0, 0.1) is 0 Å². The Kier molecular flexibility index (Phi) is 5.96. The van der Waals surface area contributed by atoms with Crippen molar-refractivity contribution in [1.82, 2.24) is 5.32 Å². The number of halogens is 2. The summed E-state index contributed by atoms with van der Waals surface area (Å²) in [4.78, 5) is 0. The zero-order chi connectivity index (χ0) is 13.7. The van der Waals surface area contributed by atoms with Crippen LogP contribution in [0.2, 0.25) is 10.0 Å². The second-order valence-corrected chi connectivity index (χ2v) is 6.08. The van der Waals surface area contributed by atoms with Crippen molar-refractivity contribution in [3.05, 3.63) is 33.8 Å². The maximum absolute atomic E-state index is 9.60. The van der Waals surface area contributed by atoms with Crippen molar-refractivity contribution in [3.8, 4) is 0 Å². The van der Waals surface area contributed by atoms with Gasteiger partial charge in [-0.05, 0) is 30.5 Å². The van der Waals surface area contributed by atoms with Crippen LogP contribution in [0.15, 0.2) is 18.2 Å². The Morgan fingerprint density at radius 3 is 2.37 bits per heavy atom. The van der Waals surface area contributed by atoms with Crippen LogP contribution in [0.3, 0.4) is 0 Å². The summed E-state index contributed by atoms with van der Waals surface area (Å²) in [6.07, 6.45) is 7.59. The summed E-state index contributed by atoms with van der Waals surface area (Å²) >= 11 is 12.0. The van der Waals surface area contributed by atoms with Crippen molar-refractivity contribution >= 4 is 23.2 Å². The Hall–Kier alpha value is -0.280. The van der Waals surface area contributed by atoms with Crippen molar-refractivity contribution in [1.29, 1.82) is 0 Å². The first kappa shape index (κ1) is 15.1. The van der Waals surface area contributed by atoms with Gasteiger partial charge in [0.1, 0.15) is 0 Å². The van der Waals surface area contributed by atoms with Crippen LogP contribution in [0.5, 0.6) is 0 Å². The van der Waals surface area contributed by atoms with E-state index in [1.54, 1.807) is 6.07 Å². The maximum atomic E-state index is 9.60. The minimum absolute atomic E-state index is 0.0575. The molecule has 2 N–H and O–H groups in total. The van der Waals surface area contributed by atoms with E-state index in [2.05, 4.69) is 5.32 Å². The van der Waals surface area contributed by atoms with Gasteiger partial charge in [0.2, 0.25) is 0 Å². The fraction of sp³-hybridized carbons (Fsp3) is 0.600. The van der Waals surface area contributed by atoms with Gasteiger partial charge in [-0.1, -0.05) is 55.0 Å². The molecule has 1 aliphatic rings. The molecule has 0 aliphatic heterocycles. The molecular formula is C15H21Cl2NO. The summed E-state index contributed by atoms with van der Waals surface area (Å²) in [5.41, 5.74) is 1.00. The lowest BCUT2D eigenvalue weighted by Gasteiger charge is -2.24. The highest BCUT2D eigenvalue weighted by Crippen LogP contribution is 2.27.